The zero-order valence-corrected chi connectivity index (χ0v) is 17.1. The Bertz CT molecular complexity index is 943. The van der Waals surface area contributed by atoms with Crippen molar-refractivity contribution < 1.29 is 4.79 Å². The Balaban J connectivity index is 1.61. The lowest BCUT2D eigenvalue weighted by Crippen LogP contribution is -2.28. The van der Waals surface area contributed by atoms with Crippen molar-refractivity contribution in [2.24, 2.45) is 0 Å². The molecule has 5 nitrogen and oxygen atoms in total. The van der Waals surface area contributed by atoms with Crippen LogP contribution in [0.3, 0.4) is 0 Å². The summed E-state index contributed by atoms with van der Waals surface area (Å²) in [4.78, 5) is 12.3. The van der Waals surface area contributed by atoms with Crippen molar-refractivity contribution >= 4 is 40.9 Å². The van der Waals surface area contributed by atoms with Gasteiger partial charge in [0, 0.05) is 15.7 Å². The van der Waals surface area contributed by atoms with Crippen molar-refractivity contribution in [1.82, 2.24) is 20.1 Å². The number of hydrogen-bond donors (Lipinski definition) is 1. The van der Waals surface area contributed by atoms with Crippen molar-refractivity contribution in [3.63, 3.8) is 0 Å². The molecule has 1 aromatic heterocycles. The van der Waals surface area contributed by atoms with E-state index in [1.807, 2.05) is 48.7 Å². The van der Waals surface area contributed by atoms with Crippen LogP contribution in [0.5, 0.6) is 0 Å². The molecule has 1 heterocycles. The summed E-state index contributed by atoms with van der Waals surface area (Å²) >= 11 is 13.4. The minimum atomic E-state index is -0.224. The van der Waals surface area contributed by atoms with E-state index in [4.69, 9.17) is 23.2 Å². The normalized spacial score (nSPS) is 12.0. The van der Waals surface area contributed by atoms with E-state index in [1.54, 1.807) is 18.5 Å². The SMILES string of the molecule is Cc1ccc(-n2cnnc2SCC(=O)N[C@@H](C)c2ccc(Cl)cc2Cl)cc1. The van der Waals surface area contributed by atoms with Crippen molar-refractivity contribution in [3.8, 4) is 5.69 Å². The van der Waals surface area contributed by atoms with E-state index in [0.29, 0.717) is 15.2 Å². The van der Waals surface area contributed by atoms with Gasteiger partial charge in [-0.2, -0.15) is 0 Å². The van der Waals surface area contributed by atoms with Crippen molar-refractivity contribution in [2.75, 3.05) is 5.75 Å². The lowest BCUT2D eigenvalue weighted by Gasteiger charge is -2.16. The zero-order valence-electron chi connectivity index (χ0n) is 14.8. The second-order valence-electron chi connectivity index (χ2n) is 6.06. The van der Waals surface area contributed by atoms with Gasteiger partial charge in [-0.15, -0.1) is 10.2 Å². The Morgan fingerprint density at radius 1 is 1.22 bits per heavy atom. The summed E-state index contributed by atoms with van der Waals surface area (Å²) in [5.41, 5.74) is 2.95. The first kappa shape index (κ1) is 19.7. The van der Waals surface area contributed by atoms with Gasteiger partial charge in [-0.05, 0) is 43.7 Å². The fraction of sp³-hybridized carbons (Fsp3) is 0.211. The van der Waals surface area contributed by atoms with Crippen LogP contribution in [0.25, 0.3) is 5.69 Å². The van der Waals surface area contributed by atoms with Gasteiger partial charge < -0.3 is 5.32 Å². The quantitative estimate of drug-likeness (QED) is 0.578. The molecule has 0 spiro atoms. The van der Waals surface area contributed by atoms with Crippen molar-refractivity contribution in [3.05, 3.63) is 70.0 Å². The molecule has 0 radical (unpaired) electrons. The molecular formula is C19H18Cl2N4OS. The van der Waals surface area contributed by atoms with Gasteiger partial charge in [-0.1, -0.05) is 58.7 Å². The molecule has 140 valence electrons. The summed E-state index contributed by atoms with van der Waals surface area (Å²) in [6, 6.07) is 13.0. The maximum absolute atomic E-state index is 12.3. The minimum Gasteiger partial charge on any atom is -0.349 e. The van der Waals surface area contributed by atoms with E-state index in [-0.39, 0.29) is 17.7 Å². The van der Waals surface area contributed by atoms with Crippen LogP contribution in [0.2, 0.25) is 10.0 Å². The van der Waals surface area contributed by atoms with Crippen LogP contribution in [0.1, 0.15) is 24.1 Å². The first-order valence-electron chi connectivity index (χ1n) is 8.28. The molecule has 0 saturated heterocycles. The molecule has 1 atom stereocenters. The average molecular weight is 421 g/mol. The topological polar surface area (TPSA) is 59.8 Å². The van der Waals surface area contributed by atoms with E-state index in [1.165, 1.54) is 17.3 Å². The molecule has 3 aromatic rings. The molecule has 0 fully saturated rings. The second kappa shape index (κ2) is 8.78. The number of carbonyl (C=O) groups excluding carboxylic acids is 1. The molecule has 0 unspecified atom stereocenters. The van der Waals surface area contributed by atoms with E-state index in [0.717, 1.165) is 11.3 Å². The molecule has 1 amide bonds. The van der Waals surface area contributed by atoms with Crippen LogP contribution in [0, 0.1) is 6.92 Å². The molecule has 27 heavy (non-hydrogen) atoms. The molecule has 8 heteroatoms. The van der Waals surface area contributed by atoms with Crippen LogP contribution in [0.4, 0.5) is 0 Å². The number of aryl methyl sites for hydroxylation is 1. The maximum Gasteiger partial charge on any atom is 0.230 e. The third-order valence-electron chi connectivity index (χ3n) is 3.97. The van der Waals surface area contributed by atoms with Gasteiger partial charge in [0.05, 0.1) is 11.8 Å². The molecule has 1 N–H and O–H groups in total. The van der Waals surface area contributed by atoms with Crippen molar-refractivity contribution in [2.45, 2.75) is 25.0 Å². The first-order valence-corrected chi connectivity index (χ1v) is 10.0. The van der Waals surface area contributed by atoms with Gasteiger partial charge in [0.25, 0.3) is 0 Å². The number of aromatic nitrogens is 3. The standard InChI is InChI=1S/C19H18Cl2N4OS/c1-12-3-6-15(7-4-12)25-11-22-24-19(25)27-10-18(26)23-13(2)16-8-5-14(20)9-17(16)21/h3-9,11,13H,10H2,1-2H3,(H,23,26)/t13-/m0/s1. The lowest BCUT2D eigenvalue weighted by molar-refractivity contribution is -0.119. The average Bonchev–Trinajstić information content (AvgIpc) is 3.09. The number of amides is 1. The molecule has 0 aliphatic heterocycles. The summed E-state index contributed by atoms with van der Waals surface area (Å²) in [5, 5.41) is 12.8. The molecule has 0 saturated carbocycles. The number of thioether (sulfide) groups is 1. The highest BCUT2D eigenvalue weighted by Gasteiger charge is 2.15. The van der Waals surface area contributed by atoms with Crippen LogP contribution in [-0.4, -0.2) is 26.4 Å². The first-order chi connectivity index (χ1) is 12.9. The molecule has 2 aromatic carbocycles. The Hall–Kier alpha value is -2.02. The van der Waals surface area contributed by atoms with E-state index >= 15 is 0 Å². The molecular weight excluding hydrogens is 403 g/mol. The fourth-order valence-corrected chi connectivity index (χ4v) is 3.86. The van der Waals surface area contributed by atoms with Gasteiger partial charge in [0.2, 0.25) is 5.91 Å². The zero-order chi connectivity index (χ0) is 19.4. The Kier molecular flexibility index (Phi) is 6.42. The summed E-state index contributed by atoms with van der Waals surface area (Å²) < 4.78 is 1.86. The Morgan fingerprint density at radius 3 is 2.67 bits per heavy atom. The third-order valence-corrected chi connectivity index (χ3v) is 5.47. The monoisotopic (exact) mass is 420 g/mol. The van der Waals surface area contributed by atoms with Crippen LogP contribution >= 0.6 is 35.0 Å². The predicted molar refractivity (Wildman–Crippen MR) is 110 cm³/mol. The molecule has 3 rings (SSSR count). The summed E-state index contributed by atoms with van der Waals surface area (Å²) in [6.07, 6.45) is 1.64. The molecule has 0 bridgehead atoms. The van der Waals surface area contributed by atoms with Crippen LogP contribution in [-0.2, 0) is 4.79 Å². The minimum absolute atomic E-state index is 0.114. The number of hydrogen-bond acceptors (Lipinski definition) is 4. The van der Waals surface area contributed by atoms with Gasteiger partial charge in [0.15, 0.2) is 5.16 Å². The van der Waals surface area contributed by atoms with E-state index in [2.05, 4.69) is 15.5 Å². The number of benzene rings is 2. The van der Waals surface area contributed by atoms with Crippen LogP contribution in [0.15, 0.2) is 53.9 Å². The van der Waals surface area contributed by atoms with Gasteiger partial charge >= 0.3 is 0 Å². The summed E-state index contributed by atoms with van der Waals surface area (Å²) in [5.74, 6) is 0.108. The number of nitrogens with zero attached hydrogens (tertiary/aromatic N) is 3. The number of rotatable bonds is 6. The Labute approximate surface area is 172 Å². The third kappa shape index (κ3) is 5.03. The van der Waals surface area contributed by atoms with Crippen LogP contribution < -0.4 is 5.32 Å². The smallest absolute Gasteiger partial charge is 0.230 e. The van der Waals surface area contributed by atoms with E-state index < -0.39 is 0 Å². The second-order valence-corrected chi connectivity index (χ2v) is 7.85. The largest absolute Gasteiger partial charge is 0.349 e. The number of nitrogens with one attached hydrogen (secondary N) is 1. The summed E-state index contributed by atoms with van der Waals surface area (Å²) in [6.45, 7) is 3.91. The number of halogens is 2. The molecule has 0 aliphatic rings. The lowest BCUT2D eigenvalue weighted by atomic mass is 10.1. The number of carbonyl (C=O) groups is 1. The van der Waals surface area contributed by atoms with Gasteiger partial charge in [-0.25, -0.2) is 0 Å². The fourth-order valence-electron chi connectivity index (χ4n) is 2.55. The predicted octanol–water partition coefficient (Wildman–Crippen LogP) is 4.85. The van der Waals surface area contributed by atoms with Gasteiger partial charge in [0.1, 0.15) is 6.33 Å². The maximum atomic E-state index is 12.3. The van der Waals surface area contributed by atoms with E-state index in [9.17, 15) is 4.79 Å². The Morgan fingerprint density at radius 2 is 1.96 bits per heavy atom. The summed E-state index contributed by atoms with van der Waals surface area (Å²) in [7, 11) is 0. The van der Waals surface area contributed by atoms with Gasteiger partial charge in [-0.3, -0.25) is 9.36 Å². The highest BCUT2D eigenvalue weighted by atomic mass is 35.5. The highest BCUT2D eigenvalue weighted by molar-refractivity contribution is 7.99. The highest BCUT2D eigenvalue weighted by Crippen LogP contribution is 2.26. The van der Waals surface area contributed by atoms with Crippen molar-refractivity contribution in [1.29, 1.82) is 0 Å². The molecule has 0 aliphatic carbocycles.